The van der Waals surface area contributed by atoms with Gasteiger partial charge in [0.1, 0.15) is 6.10 Å². The van der Waals surface area contributed by atoms with Crippen molar-refractivity contribution in [2.45, 2.75) is 19.3 Å². The molecule has 16 heavy (non-hydrogen) atoms. The molecule has 2 rings (SSSR count). The monoisotopic (exact) mass is 224 g/mol. The third-order valence-electron chi connectivity index (χ3n) is 2.40. The summed E-state index contributed by atoms with van der Waals surface area (Å²) in [6.45, 7) is 1.47. The Hall–Kier alpha value is -1.66. The van der Waals surface area contributed by atoms with Gasteiger partial charge in [0.25, 0.3) is 5.56 Å². The van der Waals surface area contributed by atoms with Crippen molar-refractivity contribution < 1.29 is 9.84 Å². The van der Waals surface area contributed by atoms with Gasteiger partial charge in [-0.05, 0) is 13.0 Å². The van der Waals surface area contributed by atoms with Crippen molar-refractivity contribution in [2.24, 2.45) is 0 Å². The first kappa shape index (κ1) is 10.8. The zero-order valence-corrected chi connectivity index (χ0v) is 8.71. The maximum Gasteiger partial charge on any atom is 0.330 e. The number of hydrogen-bond acceptors (Lipinski definition) is 4. The summed E-state index contributed by atoms with van der Waals surface area (Å²) in [4.78, 5) is 24.9. The van der Waals surface area contributed by atoms with Crippen molar-refractivity contribution in [1.29, 1.82) is 0 Å². The zero-order valence-electron chi connectivity index (χ0n) is 8.71. The molecular weight excluding hydrogens is 212 g/mol. The molecule has 0 aromatic carbocycles. The van der Waals surface area contributed by atoms with E-state index in [9.17, 15) is 9.59 Å². The number of hydrogen-bond donors (Lipinski definition) is 2. The van der Waals surface area contributed by atoms with Crippen LogP contribution in [0, 0.1) is 6.92 Å². The molecule has 0 saturated carbocycles. The second-order valence-electron chi connectivity index (χ2n) is 3.61. The molecule has 1 aliphatic heterocycles. The molecule has 86 valence electrons. The van der Waals surface area contributed by atoms with E-state index in [1.54, 1.807) is 19.1 Å². The summed E-state index contributed by atoms with van der Waals surface area (Å²) >= 11 is 0. The number of aromatic nitrogens is 2. The average molecular weight is 224 g/mol. The third kappa shape index (κ3) is 1.84. The Bertz CT molecular complexity index is 528. The van der Waals surface area contributed by atoms with Crippen LogP contribution < -0.4 is 11.2 Å². The first-order valence-corrected chi connectivity index (χ1v) is 4.88. The minimum atomic E-state index is -0.569. The standard InChI is InChI=1S/C10H12N2O4/c1-6-4-12(10(15)11-9(6)14)8-3-2-7(5-13)16-8/h2-4,7-8,13H,5H2,1H3,(H,11,14,15)/t7-,8?/m0/s1. The van der Waals surface area contributed by atoms with Gasteiger partial charge in [-0.15, -0.1) is 0 Å². The molecule has 2 N–H and O–H groups in total. The van der Waals surface area contributed by atoms with Gasteiger partial charge in [-0.25, -0.2) is 4.79 Å². The molecule has 2 heterocycles. The highest BCUT2D eigenvalue weighted by molar-refractivity contribution is 5.06. The number of aliphatic hydroxyl groups is 1. The molecule has 0 spiro atoms. The van der Waals surface area contributed by atoms with Crippen LogP contribution in [0.3, 0.4) is 0 Å². The SMILES string of the molecule is Cc1cn(C2C=C[C@@H](CO)O2)c(=O)[nH]c1=O. The molecular formula is C10H12N2O4. The second kappa shape index (κ2) is 4.07. The largest absolute Gasteiger partial charge is 0.393 e. The van der Waals surface area contributed by atoms with E-state index in [0.717, 1.165) is 0 Å². The van der Waals surface area contributed by atoms with Crippen LogP contribution >= 0.6 is 0 Å². The van der Waals surface area contributed by atoms with E-state index in [1.807, 2.05) is 0 Å². The van der Waals surface area contributed by atoms with Crippen molar-refractivity contribution >= 4 is 0 Å². The van der Waals surface area contributed by atoms with Gasteiger partial charge in [0.05, 0.1) is 6.61 Å². The molecule has 0 fully saturated rings. The number of nitrogens with zero attached hydrogens (tertiary/aromatic N) is 1. The Labute approximate surface area is 90.8 Å². The molecule has 6 heteroatoms. The van der Waals surface area contributed by atoms with Crippen molar-refractivity contribution in [1.82, 2.24) is 9.55 Å². The van der Waals surface area contributed by atoms with E-state index in [-0.39, 0.29) is 6.61 Å². The lowest BCUT2D eigenvalue weighted by Crippen LogP contribution is -2.33. The number of rotatable bonds is 2. The van der Waals surface area contributed by atoms with Gasteiger partial charge in [0.15, 0.2) is 6.23 Å². The van der Waals surface area contributed by atoms with E-state index in [4.69, 9.17) is 9.84 Å². The van der Waals surface area contributed by atoms with Crippen LogP contribution in [-0.2, 0) is 4.74 Å². The highest BCUT2D eigenvalue weighted by Crippen LogP contribution is 2.18. The number of aliphatic hydroxyl groups excluding tert-OH is 1. The van der Waals surface area contributed by atoms with E-state index in [0.29, 0.717) is 5.56 Å². The van der Waals surface area contributed by atoms with E-state index in [2.05, 4.69) is 4.98 Å². The molecule has 6 nitrogen and oxygen atoms in total. The quantitative estimate of drug-likeness (QED) is 0.650. The Morgan fingerprint density at radius 2 is 2.25 bits per heavy atom. The summed E-state index contributed by atoms with van der Waals surface area (Å²) in [6.07, 6.45) is 3.82. The molecule has 0 radical (unpaired) electrons. The van der Waals surface area contributed by atoms with Crippen molar-refractivity contribution in [2.75, 3.05) is 6.61 Å². The van der Waals surface area contributed by atoms with Gasteiger partial charge in [-0.2, -0.15) is 0 Å². The Kier molecular flexibility index (Phi) is 2.76. The van der Waals surface area contributed by atoms with Gasteiger partial charge in [0, 0.05) is 11.8 Å². The molecule has 1 aromatic rings. The van der Waals surface area contributed by atoms with Gasteiger partial charge in [0.2, 0.25) is 0 Å². The van der Waals surface area contributed by atoms with Crippen LogP contribution in [0.15, 0.2) is 27.9 Å². The molecule has 0 amide bonds. The van der Waals surface area contributed by atoms with Gasteiger partial charge < -0.3 is 9.84 Å². The van der Waals surface area contributed by atoms with Crippen molar-refractivity contribution in [3.05, 3.63) is 44.8 Å². The predicted octanol–water partition coefficient (Wildman–Crippen LogP) is -0.709. The summed E-state index contributed by atoms with van der Waals surface area (Å²) in [6, 6.07) is 0. The summed E-state index contributed by atoms with van der Waals surface area (Å²) < 4.78 is 6.63. The highest BCUT2D eigenvalue weighted by atomic mass is 16.5. The number of H-pyrrole nitrogens is 1. The van der Waals surface area contributed by atoms with E-state index in [1.165, 1.54) is 10.8 Å². The summed E-state index contributed by atoms with van der Waals surface area (Å²) in [7, 11) is 0. The summed E-state index contributed by atoms with van der Waals surface area (Å²) in [5.74, 6) is 0. The predicted molar refractivity (Wildman–Crippen MR) is 56.2 cm³/mol. The summed E-state index contributed by atoms with van der Waals surface area (Å²) in [5, 5.41) is 8.88. The Balaban J connectivity index is 2.36. The molecule has 0 saturated heterocycles. The fourth-order valence-corrected chi connectivity index (χ4v) is 1.53. The fraction of sp³-hybridized carbons (Fsp3) is 0.400. The van der Waals surface area contributed by atoms with Gasteiger partial charge >= 0.3 is 5.69 Å². The van der Waals surface area contributed by atoms with E-state index < -0.39 is 23.6 Å². The average Bonchev–Trinajstić information content (AvgIpc) is 2.71. The lowest BCUT2D eigenvalue weighted by molar-refractivity contribution is -0.0104. The normalized spacial score (nSPS) is 23.9. The third-order valence-corrected chi connectivity index (χ3v) is 2.40. The van der Waals surface area contributed by atoms with Gasteiger partial charge in [-0.1, -0.05) is 6.08 Å². The smallest absolute Gasteiger partial charge is 0.330 e. The van der Waals surface area contributed by atoms with Gasteiger partial charge in [-0.3, -0.25) is 14.3 Å². The molecule has 2 atom stereocenters. The topological polar surface area (TPSA) is 84.3 Å². The highest BCUT2D eigenvalue weighted by Gasteiger charge is 2.20. The lowest BCUT2D eigenvalue weighted by atomic mass is 10.3. The van der Waals surface area contributed by atoms with Crippen LogP contribution in [0.1, 0.15) is 11.8 Å². The first-order chi connectivity index (χ1) is 7.61. The molecule has 0 bridgehead atoms. The number of aromatic amines is 1. The second-order valence-corrected chi connectivity index (χ2v) is 3.61. The summed E-state index contributed by atoms with van der Waals surface area (Å²) in [5.41, 5.74) is -0.491. The van der Waals surface area contributed by atoms with Crippen LogP contribution in [0.25, 0.3) is 0 Å². The molecule has 0 aliphatic carbocycles. The Morgan fingerprint density at radius 3 is 2.88 bits per heavy atom. The molecule has 1 unspecified atom stereocenters. The molecule has 1 aromatic heterocycles. The maximum absolute atomic E-state index is 11.5. The molecule has 1 aliphatic rings. The maximum atomic E-state index is 11.5. The minimum absolute atomic E-state index is 0.135. The van der Waals surface area contributed by atoms with Crippen LogP contribution in [-0.4, -0.2) is 27.4 Å². The number of aryl methyl sites for hydroxylation is 1. The Morgan fingerprint density at radius 1 is 1.50 bits per heavy atom. The minimum Gasteiger partial charge on any atom is -0.393 e. The van der Waals surface area contributed by atoms with Crippen LogP contribution in [0.2, 0.25) is 0 Å². The lowest BCUT2D eigenvalue weighted by Gasteiger charge is -2.14. The number of nitrogens with one attached hydrogen (secondary N) is 1. The van der Waals surface area contributed by atoms with Crippen molar-refractivity contribution in [3.8, 4) is 0 Å². The van der Waals surface area contributed by atoms with Crippen LogP contribution in [0.4, 0.5) is 0 Å². The van der Waals surface area contributed by atoms with Crippen molar-refractivity contribution in [3.63, 3.8) is 0 Å². The van der Waals surface area contributed by atoms with E-state index >= 15 is 0 Å². The zero-order chi connectivity index (χ0) is 11.7. The fourth-order valence-electron chi connectivity index (χ4n) is 1.53. The first-order valence-electron chi connectivity index (χ1n) is 4.88. The number of ether oxygens (including phenoxy) is 1. The van der Waals surface area contributed by atoms with Crippen LogP contribution in [0.5, 0.6) is 0 Å².